The largest absolute Gasteiger partial charge is 0.497 e. The predicted molar refractivity (Wildman–Crippen MR) is 140 cm³/mol. The monoisotopic (exact) mass is 464 g/mol. The molecule has 0 fully saturated rings. The van der Waals surface area contributed by atoms with Crippen molar-refractivity contribution in [1.29, 1.82) is 0 Å². The minimum atomic E-state index is -0.941. The Morgan fingerprint density at radius 3 is 1.46 bits per heavy atom. The minimum Gasteiger partial charge on any atom is -0.497 e. The fourth-order valence-corrected chi connectivity index (χ4v) is 4.20. The van der Waals surface area contributed by atoms with E-state index in [1.54, 1.807) is 26.4 Å². The molecule has 0 saturated heterocycles. The Morgan fingerprint density at radius 2 is 1.03 bits per heavy atom. The Kier molecular flexibility index (Phi) is 7.02. The first-order valence-corrected chi connectivity index (χ1v) is 11.4. The molecule has 0 aromatic heterocycles. The van der Waals surface area contributed by atoms with Crippen LogP contribution < -0.4 is 9.47 Å². The van der Waals surface area contributed by atoms with E-state index in [0.717, 1.165) is 50.5 Å². The van der Waals surface area contributed by atoms with Gasteiger partial charge in [-0.05, 0) is 89.2 Å². The molecule has 0 bridgehead atoms. The van der Waals surface area contributed by atoms with Crippen LogP contribution in [-0.2, 0) is 0 Å². The number of hydrogen-bond acceptors (Lipinski definition) is 3. The highest BCUT2D eigenvalue weighted by Crippen LogP contribution is 2.39. The zero-order chi connectivity index (χ0) is 24.9. The second kappa shape index (κ2) is 10.3. The molecule has 0 aliphatic heterocycles. The number of carboxylic acids is 1. The fourth-order valence-electron chi connectivity index (χ4n) is 4.20. The first-order chi connectivity index (χ1) is 16.9. The first-order valence-electron chi connectivity index (χ1n) is 11.4. The van der Waals surface area contributed by atoms with E-state index in [1.165, 1.54) is 5.56 Å². The fraction of sp³-hybridized carbons (Fsp3) is 0.129. The molecule has 0 heterocycles. The third-order valence-electron chi connectivity index (χ3n) is 6.09. The highest BCUT2D eigenvalue weighted by molar-refractivity contribution is 6.05. The maximum absolute atomic E-state index is 11.6. The summed E-state index contributed by atoms with van der Waals surface area (Å²) in [4.78, 5) is 11.6. The summed E-state index contributed by atoms with van der Waals surface area (Å²) in [6, 6.07) is 29.7. The molecule has 0 radical (unpaired) electrons. The number of benzene rings is 4. The second-order valence-electron chi connectivity index (χ2n) is 8.41. The summed E-state index contributed by atoms with van der Waals surface area (Å²) in [5.74, 6) is 0.612. The van der Waals surface area contributed by atoms with E-state index in [2.05, 4.69) is 43.3 Å². The van der Waals surface area contributed by atoms with Gasteiger partial charge in [0.2, 0.25) is 0 Å². The van der Waals surface area contributed by atoms with Crippen LogP contribution in [0.5, 0.6) is 11.5 Å². The van der Waals surface area contributed by atoms with Crippen molar-refractivity contribution in [3.63, 3.8) is 0 Å². The molecule has 4 nitrogen and oxygen atoms in total. The molecule has 0 atom stereocenters. The van der Waals surface area contributed by atoms with Gasteiger partial charge in [0.1, 0.15) is 11.5 Å². The van der Waals surface area contributed by atoms with E-state index in [4.69, 9.17) is 9.47 Å². The number of methoxy groups -OCH3 is 2. The van der Waals surface area contributed by atoms with Gasteiger partial charge in [-0.15, -0.1) is 0 Å². The Morgan fingerprint density at radius 1 is 0.600 bits per heavy atom. The summed E-state index contributed by atoms with van der Waals surface area (Å²) < 4.78 is 10.8. The molecule has 176 valence electrons. The molecule has 4 aromatic carbocycles. The summed E-state index contributed by atoms with van der Waals surface area (Å²) in [7, 11) is 3.30. The Labute approximate surface area is 206 Å². The number of hydrogen-bond donors (Lipinski definition) is 1. The van der Waals surface area contributed by atoms with Crippen LogP contribution in [0.4, 0.5) is 0 Å². The van der Waals surface area contributed by atoms with Crippen molar-refractivity contribution >= 4 is 17.1 Å². The summed E-state index contributed by atoms with van der Waals surface area (Å²) in [5, 5.41) is 9.52. The first kappa shape index (κ1) is 23.8. The van der Waals surface area contributed by atoms with Crippen molar-refractivity contribution < 1.29 is 19.4 Å². The van der Waals surface area contributed by atoms with Crippen molar-refractivity contribution in [2.45, 2.75) is 13.8 Å². The molecule has 0 saturated carbocycles. The number of aromatic carboxylic acids is 1. The van der Waals surface area contributed by atoms with E-state index in [0.29, 0.717) is 0 Å². The molecular weight excluding hydrogens is 436 g/mol. The quantitative estimate of drug-likeness (QED) is 0.298. The van der Waals surface area contributed by atoms with E-state index in [-0.39, 0.29) is 5.56 Å². The van der Waals surface area contributed by atoms with Crippen LogP contribution in [0.3, 0.4) is 0 Å². The van der Waals surface area contributed by atoms with Gasteiger partial charge in [-0.2, -0.15) is 0 Å². The van der Waals surface area contributed by atoms with Crippen LogP contribution in [0, 0.1) is 13.8 Å². The zero-order valence-electron chi connectivity index (χ0n) is 20.3. The van der Waals surface area contributed by atoms with E-state index in [9.17, 15) is 9.90 Å². The van der Waals surface area contributed by atoms with Crippen LogP contribution in [0.1, 0.15) is 43.7 Å². The Balaban J connectivity index is 2.09. The molecule has 4 heteroatoms. The van der Waals surface area contributed by atoms with Crippen LogP contribution in [0.2, 0.25) is 0 Å². The molecule has 35 heavy (non-hydrogen) atoms. The normalized spacial score (nSPS) is 11.5. The van der Waals surface area contributed by atoms with Gasteiger partial charge < -0.3 is 14.6 Å². The summed E-state index contributed by atoms with van der Waals surface area (Å²) in [6.07, 6.45) is 0. The minimum absolute atomic E-state index is 0.265. The van der Waals surface area contributed by atoms with Gasteiger partial charge in [0.15, 0.2) is 0 Å². The number of rotatable bonds is 7. The van der Waals surface area contributed by atoms with E-state index in [1.807, 2.05) is 49.4 Å². The Bertz CT molecular complexity index is 1360. The zero-order valence-corrected chi connectivity index (χ0v) is 20.3. The van der Waals surface area contributed by atoms with Crippen molar-refractivity contribution in [1.82, 2.24) is 0 Å². The van der Waals surface area contributed by atoms with Crippen molar-refractivity contribution in [3.8, 4) is 11.5 Å². The second-order valence-corrected chi connectivity index (χ2v) is 8.41. The lowest BCUT2D eigenvalue weighted by molar-refractivity contribution is 0.0696. The maximum atomic E-state index is 11.6. The van der Waals surface area contributed by atoms with Gasteiger partial charge in [0.25, 0.3) is 0 Å². The maximum Gasteiger partial charge on any atom is 0.335 e. The Hall–Kier alpha value is -4.31. The summed E-state index contributed by atoms with van der Waals surface area (Å²) in [5.41, 5.74) is 8.44. The topological polar surface area (TPSA) is 55.8 Å². The lowest BCUT2D eigenvalue weighted by Gasteiger charge is -2.20. The van der Waals surface area contributed by atoms with Gasteiger partial charge in [0.05, 0.1) is 19.8 Å². The molecule has 4 rings (SSSR count). The number of carboxylic acid groups (broad SMARTS) is 1. The number of carbonyl (C=O) groups is 1. The van der Waals surface area contributed by atoms with Crippen molar-refractivity contribution in [3.05, 3.63) is 130 Å². The van der Waals surface area contributed by atoms with Crippen molar-refractivity contribution in [2.24, 2.45) is 0 Å². The average molecular weight is 465 g/mol. The third kappa shape index (κ3) is 5.12. The highest BCUT2D eigenvalue weighted by Gasteiger charge is 2.19. The molecule has 0 spiro atoms. The number of ether oxygens (including phenoxy) is 2. The molecule has 0 aliphatic rings. The van der Waals surface area contributed by atoms with E-state index < -0.39 is 5.97 Å². The van der Waals surface area contributed by atoms with Crippen LogP contribution in [0.15, 0.2) is 91.0 Å². The molecule has 4 aromatic rings. The standard InChI is InChI=1S/C31H28O4/c1-20-5-7-22(8-6-20)29(23-9-14-26(34-3)15-10-23)30(24-11-16-27(35-4)17-12-24)28-18-13-25(31(32)33)19-21(28)2/h5-19H,1-4H3,(H,32,33). The van der Waals surface area contributed by atoms with E-state index >= 15 is 0 Å². The average Bonchev–Trinajstić information content (AvgIpc) is 2.88. The molecule has 1 N–H and O–H groups in total. The molecule has 0 aliphatic carbocycles. The molecule has 0 amide bonds. The summed E-state index contributed by atoms with van der Waals surface area (Å²) >= 11 is 0. The van der Waals surface area contributed by atoms with Crippen LogP contribution in [-0.4, -0.2) is 25.3 Å². The van der Waals surface area contributed by atoms with Gasteiger partial charge >= 0.3 is 5.97 Å². The number of aryl methyl sites for hydroxylation is 2. The van der Waals surface area contributed by atoms with Gasteiger partial charge in [-0.1, -0.05) is 60.2 Å². The van der Waals surface area contributed by atoms with Gasteiger partial charge in [0, 0.05) is 0 Å². The predicted octanol–water partition coefficient (Wildman–Crippen LogP) is 7.03. The van der Waals surface area contributed by atoms with Gasteiger partial charge in [-0.3, -0.25) is 0 Å². The highest BCUT2D eigenvalue weighted by atomic mass is 16.5. The van der Waals surface area contributed by atoms with Crippen LogP contribution >= 0.6 is 0 Å². The third-order valence-corrected chi connectivity index (χ3v) is 6.09. The lowest BCUT2D eigenvalue weighted by atomic mass is 9.83. The SMILES string of the molecule is COc1ccc(C(=C(c2ccc(OC)cc2)c2ccc(C(=O)O)cc2C)c2ccc(C)cc2)cc1. The van der Waals surface area contributed by atoms with Crippen LogP contribution in [0.25, 0.3) is 11.1 Å². The van der Waals surface area contributed by atoms with Crippen molar-refractivity contribution in [2.75, 3.05) is 14.2 Å². The van der Waals surface area contributed by atoms with Gasteiger partial charge in [-0.25, -0.2) is 4.79 Å². The molecule has 0 unspecified atom stereocenters. The smallest absolute Gasteiger partial charge is 0.335 e. The molecular formula is C31H28O4. The summed E-state index contributed by atoms with van der Waals surface area (Å²) in [6.45, 7) is 4.02. The lowest BCUT2D eigenvalue weighted by Crippen LogP contribution is -2.02.